The molecule has 0 aromatic rings. The Labute approximate surface area is 139 Å². The van der Waals surface area contributed by atoms with Crippen LogP contribution in [0.1, 0.15) is 67.7 Å². The first-order valence-electron chi connectivity index (χ1n) is 9.53. The molecule has 1 unspecified atom stereocenters. The summed E-state index contributed by atoms with van der Waals surface area (Å²) in [5, 5.41) is 0. The van der Waals surface area contributed by atoms with E-state index in [-0.39, 0.29) is 0 Å². The first-order chi connectivity index (χ1) is 10.1. The molecule has 2 saturated heterocycles. The van der Waals surface area contributed by atoms with Crippen LogP contribution in [0.3, 0.4) is 0 Å². The zero-order valence-corrected chi connectivity index (χ0v) is 16.3. The van der Waals surface area contributed by atoms with E-state index in [9.17, 15) is 0 Å². The third-order valence-electron chi connectivity index (χ3n) is 5.87. The first kappa shape index (κ1) is 18.3. The molecule has 0 bridgehead atoms. The Hall–Kier alpha value is -0.0800. The average Bonchev–Trinajstić information content (AvgIpc) is 2.36. The minimum absolute atomic E-state index is 0.428. The molecule has 0 radical (unpaired) electrons. The molecule has 0 N–H and O–H groups in total. The van der Waals surface area contributed by atoms with Crippen LogP contribution in [0.4, 0.5) is 0 Å². The Morgan fingerprint density at radius 2 is 1.45 bits per heavy atom. The standard InChI is InChI=1S/C20H40N2/c1-16-14-21(15-19(2,3)4)11-10-18(16)22-12-8-17(9-13-22)20(5,6)7/h16-18H,8-15H2,1-7H3/t16-,18?/m1/s1. The fourth-order valence-corrected chi connectivity index (χ4v) is 4.67. The third kappa shape index (κ3) is 4.96. The van der Waals surface area contributed by atoms with Crippen molar-refractivity contribution in [3.8, 4) is 0 Å². The molecule has 0 saturated carbocycles. The molecule has 2 nitrogen and oxygen atoms in total. The largest absolute Gasteiger partial charge is 0.302 e. The van der Waals surface area contributed by atoms with Crippen molar-refractivity contribution in [3.05, 3.63) is 0 Å². The van der Waals surface area contributed by atoms with Crippen molar-refractivity contribution in [2.75, 3.05) is 32.7 Å². The maximum Gasteiger partial charge on any atom is 0.0145 e. The average molecular weight is 309 g/mol. The maximum absolute atomic E-state index is 2.82. The van der Waals surface area contributed by atoms with Gasteiger partial charge in [-0.1, -0.05) is 48.5 Å². The van der Waals surface area contributed by atoms with E-state index in [0.717, 1.165) is 17.9 Å². The highest BCUT2D eigenvalue weighted by molar-refractivity contribution is 4.89. The van der Waals surface area contributed by atoms with Crippen LogP contribution in [0, 0.1) is 22.7 Å². The Balaban J connectivity index is 1.83. The van der Waals surface area contributed by atoms with Crippen molar-refractivity contribution < 1.29 is 0 Å². The fourth-order valence-electron chi connectivity index (χ4n) is 4.67. The van der Waals surface area contributed by atoms with E-state index in [2.05, 4.69) is 58.3 Å². The van der Waals surface area contributed by atoms with Gasteiger partial charge in [-0.3, -0.25) is 0 Å². The second-order valence-corrected chi connectivity index (χ2v) is 10.3. The van der Waals surface area contributed by atoms with E-state index >= 15 is 0 Å². The molecule has 2 rings (SSSR count). The van der Waals surface area contributed by atoms with Gasteiger partial charge in [0.15, 0.2) is 0 Å². The highest BCUT2D eigenvalue weighted by atomic mass is 15.2. The second kappa shape index (κ2) is 6.81. The first-order valence-corrected chi connectivity index (χ1v) is 9.53. The quantitative estimate of drug-likeness (QED) is 0.741. The summed E-state index contributed by atoms with van der Waals surface area (Å²) in [6.45, 7) is 23.3. The summed E-state index contributed by atoms with van der Waals surface area (Å²) in [6.07, 6.45) is 4.17. The molecule has 2 heteroatoms. The molecule has 2 aliphatic rings. The van der Waals surface area contributed by atoms with Crippen LogP contribution in [0.5, 0.6) is 0 Å². The normalized spacial score (nSPS) is 30.7. The molecule has 22 heavy (non-hydrogen) atoms. The van der Waals surface area contributed by atoms with Crippen LogP contribution in [0.25, 0.3) is 0 Å². The number of rotatable bonds is 2. The molecule has 0 aromatic carbocycles. The topological polar surface area (TPSA) is 6.48 Å². The molecule has 0 aliphatic carbocycles. The lowest BCUT2D eigenvalue weighted by Crippen LogP contribution is -2.53. The van der Waals surface area contributed by atoms with Crippen LogP contribution in [0.2, 0.25) is 0 Å². The van der Waals surface area contributed by atoms with Crippen molar-refractivity contribution in [3.63, 3.8) is 0 Å². The molecule has 2 atom stereocenters. The highest BCUT2D eigenvalue weighted by Gasteiger charge is 2.35. The van der Waals surface area contributed by atoms with Gasteiger partial charge < -0.3 is 9.80 Å². The summed E-state index contributed by atoms with van der Waals surface area (Å²) in [5.41, 5.74) is 0.922. The van der Waals surface area contributed by atoms with Crippen molar-refractivity contribution >= 4 is 0 Å². The van der Waals surface area contributed by atoms with Gasteiger partial charge in [-0.05, 0) is 61.6 Å². The predicted octanol–water partition coefficient (Wildman–Crippen LogP) is 4.50. The van der Waals surface area contributed by atoms with Gasteiger partial charge in [-0.25, -0.2) is 0 Å². The van der Waals surface area contributed by atoms with Gasteiger partial charge in [0, 0.05) is 19.1 Å². The zero-order chi connectivity index (χ0) is 16.5. The Bertz CT molecular complexity index is 342. The molecule has 2 aliphatic heterocycles. The van der Waals surface area contributed by atoms with E-state index in [1.165, 1.54) is 52.0 Å². The van der Waals surface area contributed by atoms with Crippen molar-refractivity contribution in [1.82, 2.24) is 9.80 Å². The molecule has 130 valence electrons. The van der Waals surface area contributed by atoms with Gasteiger partial charge in [0.1, 0.15) is 0 Å². The van der Waals surface area contributed by atoms with Crippen LogP contribution in [-0.4, -0.2) is 48.6 Å². The van der Waals surface area contributed by atoms with Crippen LogP contribution < -0.4 is 0 Å². The van der Waals surface area contributed by atoms with Crippen LogP contribution in [0.15, 0.2) is 0 Å². The van der Waals surface area contributed by atoms with Gasteiger partial charge >= 0.3 is 0 Å². The lowest BCUT2D eigenvalue weighted by molar-refractivity contribution is 0.0170. The molecular formula is C20H40N2. The SMILES string of the molecule is C[C@@H]1CN(CC(C)(C)C)CCC1N1CCC(C(C)(C)C)CC1. The number of nitrogens with zero attached hydrogens (tertiary/aromatic N) is 2. The number of likely N-dealkylation sites (tertiary alicyclic amines) is 2. The van der Waals surface area contributed by atoms with Crippen LogP contribution in [-0.2, 0) is 0 Å². The third-order valence-corrected chi connectivity index (χ3v) is 5.87. The maximum atomic E-state index is 2.82. The van der Waals surface area contributed by atoms with Crippen molar-refractivity contribution in [1.29, 1.82) is 0 Å². The van der Waals surface area contributed by atoms with E-state index < -0.39 is 0 Å². The summed E-state index contributed by atoms with van der Waals surface area (Å²) in [6, 6.07) is 0.831. The molecular weight excluding hydrogens is 268 g/mol. The van der Waals surface area contributed by atoms with Gasteiger partial charge in [0.25, 0.3) is 0 Å². The number of hydrogen-bond donors (Lipinski definition) is 0. The molecule has 2 fully saturated rings. The van der Waals surface area contributed by atoms with E-state index in [0.29, 0.717) is 10.8 Å². The van der Waals surface area contributed by atoms with Gasteiger partial charge in [-0.2, -0.15) is 0 Å². The van der Waals surface area contributed by atoms with Gasteiger partial charge in [0.05, 0.1) is 0 Å². The highest BCUT2D eigenvalue weighted by Crippen LogP contribution is 2.36. The summed E-state index contributed by atoms with van der Waals surface area (Å²) in [4.78, 5) is 5.52. The number of hydrogen-bond acceptors (Lipinski definition) is 2. The van der Waals surface area contributed by atoms with Crippen molar-refractivity contribution in [2.45, 2.75) is 73.8 Å². The predicted molar refractivity (Wildman–Crippen MR) is 97.2 cm³/mol. The summed E-state index contributed by atoms with van der Waals surface area (Å²) < 4.78 is 0. The summed E-state index contributed by atoms with van der Waals surface area (Å²) in [7, 11) is 0. The zero-order valence-electron chi connectivity index (χ0n) is 16.3. The minimum Gasteiger partial charge on any atom is -0.302 e. The smallest absolute Gasteiger partial charge is 0.0145 e. The Morgan fingerprint density at radius 1 is 0.864 bits per heavy atom. The molecule has 2 heterocycles. The molecule has 0 amide bonds. The van der Waals surface area contributed by atoms with Gasteiger partial charge in [-0.15, -0.1) is 0 Å². The van der Waals surface area contributed by atoms with Crippen LogP contribution >= 0.6 is 0 Å². The summed E-state index contributed by atoms with van der Waals surface area (Å²) >= 11 is 0. The van der Waals surface area contributed by atoms with E-state index in [4.69, 9.17) is 0 Å². The number of piperidine rings is 2. The lowest BCUT2D eigenvalue weighted by Gasteiger charge is -2.47. The second-order valence-electron chi connectivity index (χ2n) is 10.3. The van der Waals surface area contributed by atoms with E-state index in [1.54, 1.807) is 0 Å². The van der Waals surface area contributed by atoms with Gasteiger partial charge in [0.2, 0.25) is 0 Å². The molecule has 0 aromatic heterocycles. The minimum atomic E-state index is 0.428. The lowest BCUT2D eigenvalue weighted by atomic mass is 9.74. The molecule has 0 spiro atoms. The monoisotopic (exact) mass is 308 g/mol. The van der Waals surface area contributed by atoms with Crippen molar-refractivity contribution in [2.24, 2.45) is 22.7 Å². The Kier molecular flexibility index (Phi) is 5.65. The Morgan fingerprint density at radius 3 is 1.91 bits per heavy atom. The fraction of sp³-hybridized carbons (Fsp3) is 1.00. The summed E-state index contributed by atoms with van der Waals surface area (Å²) in [5.74, 6) is 1.74. The van der Waals surface area contributed by atoms with E-state index in [1.807, 2.05) is 0 Å².